The monoisotopic (exact) mass is 168 g/mol. The number of nitrogens with two attached hydrogens (primary N) is 1. The van der Waals surface area contributed by atoms with Gasteiger partial charge in [0.2, 0.25) is 0 Å². The van der Waals surface area contributed by atoms with Gasteiger partial charge in [-0.1, -0.05) is 5.75 Å². The number of benzene rings is 1. The summed E-state index contributed by atoms with van der Waals surface area (Å²) in [4.78, 5) is 10.3. The molecule has 12 heavy (non-hydrogen) atoms. The lowest BCUT2D eigenvalue weighted by Crippen LogP contribution is -2.06. The second kappa shape index (κ2) is 2.61. The van der Waals surface area contributed by atoms with Gasteiger partial charge in [-0.2, -0.15) is 0 Å². The van der Waals surface area contributed by atoms with Crippen molar-refractivity contribution < 1.29 is 20.1 Å². The number of anilines is 1. The molecule has 0 fully saturated rings. The molecule has 0 aliphatic rings. The summed E-state index contributed by atoms with van der Waals surface area (Å²) in [5, 5.41) is 28.3. The van der Waals surface area contributed by atoms with Gasteiger partial charge in [-0.15, -0.1) is 0 Å². The molecule has 0 saturated heterocycles. The molecule has 0 atom stereocenters. The summed E-state index contributed by atoms with van der Waals surface area (Å²) in [6, 6.07) is 2.08. The SMILES string of the molecule is Nc1c(O)ccc(C(=O)O)c1[O-]. The van der Waals surface area contributed by atoms with Crippen LogP contribution in [0.4, 0.5) is 5.69 Å². The van der Waals surface area contributed by atoms with E-state index in [0.717, 1.165) is 12.1 Å². The zero-order valence-corrected chi connectivity index (χ0v) is 5.94. The van der Waals surface area contributed by atoms with Crippen molar-refractivity contribution in [3.8, 4) is 11.5 Å². The Kier molecular flexibility index (Phi) is 1.78. The number of phenolic OH excluding ortho intramolecular Hbond substituents is 1. The molecule has 0 unspecified atom stereocenters. The Morgan fingerprint density at radius 3 is 2.58 bits per heavy atom. The van der Waals surface area contributed by atoms with Crippen LogP contribution in [0.1, 0.15) is 10.4 Å². The van der Waals surface area contributed by atoms with Crippen molar-refractivity contribution in [2.24, 2.45) is 0 Å². The Morgan fingerprint density at radius 1 is 1.50 bits per heavy atom. The van der Waals surface area contributed by atoms with Crippen LogP contribution >= 0.6 is 0 Å². The molecule has 1 aromatic rings. The van der Waals surface area contributed by atoms with E-state index in [9.17, 15) is 9.90 Å². The first-order chi connectivity index (χ1) is 5.54. The van der Waals surface area contributed by atoms with Gasteiger partial charge in [-0.25, -0.2) is 4.79 Å². The van der Waals surface area contributed by atoms with Gasteiger partial charge < -0.3 is 21.1 Å². The second-order valence-corrected chi connectivity index (χ2v) is 2.18. The number of aromatic hydroxyl groups is 1. The second-order valence-electron chi connectivity index (χ2n) is 2.18. The third kappa shape index (κ3) is 1.12. The number of carboxylic acids is 1. The molecule has 64 valence electrons. The van der Waals surface area contributed by atoms with Crippen LogP contribution in [0.2, 0.25) is 0 Å². The van der Waals surface area contributed by atoms with Crippen LogP contribution in [0.5, 0.6) is 11.5 Å². The normalized spacial score (nSPS) is 9.67. The summed E-state index contributed by atoms with van der Waals surface area (Å²) in [6.07, 6.45) is 0. The summed E-state index contributed by atoms with van der Waals surface area (Å²) in [5.41, 5.74) is 4.22. The maximum absolute atomic E-state index is 11.0. The van der Waals surface area contributed by atoms with E-state index in [2.05, 4.69) is 0 Å². The zero-order valence-electron chi connectivity index (χ0n) is 5.94. The molecular formula is C7H6NO4-. The average molecular weight is 168 g/mol. The minimum absolute atomic E-state index is 0.398. The number of nitrogen functional groups attached to an aromatic ring is 1. The van der Waals surface area contributed by atoms with Crippen LogP contribution in [0.25, 0.3) is 0 Å². The van der Waals surface area contributed by atoms with Crippen molar-refractivity contribution in [3.63, 3.8) is 0 Å². The first kappa shape index (κ1) is 8.19. The molecule has 0 aromatic heterocycles. The van der Waals surface area contributed by atoms with E-state index in [0.29, 0.717) is 0 Å². The molecule has 5 heteroatoms. The van der Waals surface area contributed by atoms with Gasteiger partial charge >= 0.3 is 5.97 Å². The summed E-state index contributed by atoms with van der Waals surface area (Å²) in [6.45, 7) is 0. The van der Waals surface area contributed by atoms with Gasteiger partial charge in [0.25, 0.3) is 0 Å². The number of aromatic carboxylic acids is 1. The highest BCUT2D eigenvalue weighted by Crippen LogP contribution is 2.30. The fourth-order valence-corrected chi connectivity index (χ4v) is 0.758. The van der Waals surface area contributed by atoms with Gasteiger partial charge in [0.1, 0.15) is 5.75 Å². The minimum Gasteiger partial charge on any atom is -0.870 e. The maximum Gasteiger partial charge on any atom is 0.335 e. The van der Waals surface area contributed by atoms with Crippen molar-refractivity contribution in [2.45, 2.75) is 0 Å². The number of carbonyl (C=O) groups is 1. The molecule has 0 radical (unpaired) electrons. The summed E-state index contributed by atoms with van der Waals surface area (Å²) in [7, 11) is 0. The standard InChI is InChI=1S/C7H7NO4/c8-5-4(9)2-1-3(6(5)10)7(11)12/h1-2,9-10H,8H2,(H,11,12)/p-1. The van der Waals surface area contributed by atoms with E-state index in [1.807, 2.05) is 0 Å². The van der Waals surface area contributed by atoms with Crippen LogP contribution in [-0.4, -0.2) is 16.2 Å². The van der Waals surface area contributed by atoms with Crippen molar-refractivity contribution in [3.05, 3.63) is 17.7 Å². The van der Waals surface area contributed by atoms with E-state index in [-0.39, 0.29) is 0 Å². The Hall–Kier alpha value is -1.91. The number of phenols is 1. The zero-order chi connectivity index (χ0) is 9.30. The lowest BCUT2D eigenvalue weighted by molar-refractivity contribution is -0.267. The largest absolute Gasteiger partial charge is 0.870 e. The van der Waals surface area contributed by atoms with Gasteiger partial charge in [0.15, 0.2) is 0 Å². The maximum atomic E-state index is 11.0. The lowest BCUT2D eigenvalue weighted by atomic mass is 10.1. The number of hydrogen-bond donors (Lipinski definition) is 3. The topological polar surface area (TPSA) is 107 Å². The van der Waals surface area contributed by atoms with E-state index >= 15 is 0 Å². The summed E-state index contributed by atoms with van der Waals surface area (Å²) >= 11 is 0. The highest BCUT2D eigenvalue weighted by molar-refractivity contribution is 5.93. The number of rotatable bonds is 1. The van der Waals surface area contributed by atoms with Crippen molar-refractivity contribution in [2.75, 3.05) is 5.73 Å². The molecular weight excluding hydrogens is 162 g/mol. The van der Waals surface area contributed by atoms with Gasteiger partial charge in [0.05, 0.1) is 11.3 Å². The molecule has 1 rings (SSSR count). The molecule has 5 nitrogen and oxygen atoms in total. The quantitative estimate of drug-likeness (QED) is 0.395. The highest BCUT2D eigenvalue weighted by atomic mass is 16.4. The molecule has 0 saturated carbocycles. The van der Waals surface area contributed by atoms with Gasteiger partial charge in [0, 0.05) is 0 Å². The van der Waals surface area contributed by atoms with Gasteiger partial charge in [-0.3, -0.25) is 0 Å². The van der Waals surface area contributed by atoms with E-state index in [1.165, 1.54) is 0 Å². The molecule has 0 spiro atoms. The number of carboxylic acid groups (broad SMARTS) is 1. The van der Waals surface area contributed by atoms with E-state index < -0.39 is 28.7 Å². The predicted octanol–water partition coefficient (Wildman–Crippen LogP) is -0.254. The molecule has 0 bridgehead atoms. The molecule has 0 aliphatic heterocycles. The average Bonchev–Trinajstić information content (AvgIpc) is 2.00. The first-order valence-electron chi connectivity index (χ1n) is 3.05. The van der Waals surface area contributed by atoms with E-state index in [1.54, 1.807) is 0 Å². The smallest absolute Gasteiger partial charge is 0.335 e. The van der Waals surface area contributed by atoms with Crippen LogP contribution < -0.4 is 10.8 Å². The van der Waals surface area contributed by atoms with Crippen LogP contribution in [0, 0.1) is 0 Å². The predicted molar refractivity (Wildman–Crippen MR) is 38.9 cm³/mol. The lowest BCUT2D eigenvalue weighted by Gasteiger charge is -2.13. The highest BCUT2D eigenvalue weighted by Gasteiger charge is 2.07. The fraction of sp³-hybridized carbons (Fsp3) is 0. The van der Waals surface area contributed by atoms with Crippen LogP contribution in [-0.2, 0) is 0 Å². The van der Waals surface area contributed by atoms with Crippen LogP contribution in [0.15, 0.2) is 12.1 Å². The first-order valence-corrected chi connectivity index (χ1v) is 3.05. The van der Waals surface area contributed by atoms with Crippen LogP contribution in [0.3, 0.4) is 0 Å². The summed E-state index contributed by atoms with van der Waals surface area (Å²) in [5.74, 6) is -2.61. The molecule has 1 aromatic carbocycles. The Balaban J connectivity index is 3.36. The van der Waals surface area contributed by atoms with E-state index in [4.69, 9.17) is 15.9 Å². The molecule has 0 heterocycles. The molecule has 4 N–H and O–H groups in total. The molecule has 0 aliphatic carbocycles. The van der Waals surface area contributed by atoms with Crippen molar-refractivity contribution in [1.29, 1.82) is 0 Å². The minimum atomic E-state index is -1.35. The fourth-order valence-electron chi connectivity index (χ4n) is 0.758. The van der Waals surface area contributed by atoms with Crippen molar-refractivity contribution in [1.82, 2.24) is 0 Å². The third-order valence-electron chi connectivity index (χ3n) is 1.40. The Bertz CT molecular complexity index is 334. The third-order valence-corrected chi connectivity index (χ3v) is 1.40. The Morgan fingerprint density at radius 2 is 2.08 bits per heavy atom. The molecule has 0 amide bonds. The summed E-state index contributed by atoms with van der Waals surface area (Å²) < 4.78 is 0. The van der Waals surface area contributed by atoms with Gasteiger partial charge in [-0.05, 0) is 12.1 Å². The van der Waals surface area contributed by atoms with Crippen molar-refractivity contribution >= 4 is 11.7 Å². The number of hydrogen-bond acceptors (Lipinski definition) is 4. The Labute approximate surface area is 67.7 Å².